The molecule has 172 valence electrons. The lowest BCUT2D eigenvalue weighted by Crippen LogP contribution is -2.40. The summed E-state index contributed by atoms with van der Waals surface area (Å²) in [5.41, 5.74) is 1.68. The molecule has 2 amide bonds. The largest absolute Gasteiger partial charge is 0.495 e. The van der Waals surface area contributed by atoms with Crippen LogP contribution < -0.4 is 19.5 Å². The Morgan fingerprint density at radius 2 is 2.03 bits per heavy atom. The Bertz CT molecular complexity index is 920. The molecule has 4 rings (SSSR count). The van der Waals surface area contributed by atoms with Crippen molar-refractivity contribution < 1.29 is 19.0 Å². The highest BCUT2D eigenvalue weighted by atomic mass is 16.7. The fraction of sp³-hybridized carbons (Fsp3) is 0.480. The lowest BCUT2D eigenvalue weighted by atomic mass is 10.0. The van der Waals surface area contributed by atoms with Gasteiger partial charge in [0.05, 0.1) is 12.8 Å². The Balaban J connectivity index is 1.44. The zero-order valence-corrected chi connectivity index (χ0v) is 19.0. The molecule has 0 saturated carbocycles. The number of anilines is 1. The molecular formula is C25H33N3O4. The van der Waals surface area contributed by atoms with E-state index < -0.39 is 0 Å². The van der Waals surface area contributed by atoms with Crippen LogP contribution in [0.4, 0.5) is 10.5 Å². The van der Waals surface area contributed by atoms with Crippen LogP contribution >= 0.6 is 0 Å². The van der Waals surface area contributed by atoms with E-state index in [4.69, 9.17) is 14.2 Å². The van der Waals surface area contributed by atoms with Gasteiger partial charge in [0.1, 0.15) is 5.75 Å². The highest BCUT2D eigenvalue weighted by Gasteiger charge is 2.21. The van der Waals surface area contributed by atoms with Gasteiger partial charge in [-0.15, -0.1) is 0 Å². The smallest absolute Gasteiger partial charge is 0.322 e. The van der Waals surface area contributed by atoms with E-state index in [-0.39, 0.29) is 12.8 Å². The molecule has 7 nitrogen and oxygen atoms in total. The summed E-state index contributed by atoms with van der Waals surface area (Å²) in [6.07, 6.45) is 4.76. The van der Waals surface area contributed by atoms with Crippen molar-refractivity contribution >= 4 is 11.7 Å². The number of fused-ring (bicyclic) bond motifs is 1. The van der Waals surface area contributed by atoms with Gasteiger partial charge in [-0.3, -0.25) is 0 Å². The molecular weight excluding hydrogens is 406 g/mol. The van der Waals surface area contributed by atoms with E-state index in [0.717, 1.165) is 36.6 Å². The third-order valence-corrected chi connectivity index (χ3v) is 6.26. The van der Waals surface area contributed by atoms with E-state index in [9.17, 15) is 4.79 Å². The normalized spacial score (nSPS) is 17.8. The lowest BCUT2D eigenvalue weighted by molar-refractivity contribution is 0.150. The highest BCUT2D eigenvalue weighted by molar-refractivity contribution is 5.91. The number of piperidine rings is 1. The van der Waals surface area contributed by atoms with Crippen molar-refractivity contribution in [3.8, 4) is 17.2 Å². The van der Waals surface area contributed by atoms with Crippen LogP contribution in [0.3, 0.4) is 0 Å². The zero-order valence-electron chi connectivity index (χ0n) is 19.0. The number of rotatable bonds is 8. The highest BCUT2D eigenvalue weighted by Crippen LogP contribution is 2.33. The fourth-order valence-electron chi connectivity index (χ4n) is 4.41. The van der Waals surface area contributed by atoms with Gasteiger partial charge in [0.15, 0.2) is 11.5 Å². The van der Waals surface area contributed by atoms with Crippen molar-refractivity contribution in [3.05, 3.63) is 48.0 Å². The van der Waals surface area contributed by atoms with Gasteiger partial charge in [-0.05, 0) is 62.6 Å². The Morgan fingerprint density at radius 1 is 1.19 bits per heavy atom. The van der Waals surface area contributed by atoms with Crippen LogP contribution in [0.25, 0.3) is 0 Å². The predicted octanol–water partition coefficient (Wildman–Crippen LogP) is 4.72. The van der Waals surface area contributed by atoms with Crippen LogP contribution in [-0.4, -0.2) is 55.4 Å². The minimum absolute atomic E-state index is 0.140. The van der Waals surface area contributed by atoms with Crippen LogP contribution in [-0.2, 0) is 6.54 Å². The number of hydrogen-bond acceptors (Lipinski definition) is 5. The molecule has 2 aromatic rings. The number of nitrogens with one attached hydrogen (secondary N) is 1. The Morgan fingerprint density at radius 3 is 2.88 bits per heavy atom. The summed E-state index contributed by atoms with van der Waals surface area (Å²) in [7, 11) is 1.61. The van der Waals surface area contributed by atoms with Crippen LogP contribution in [0.2, 0.25) is 0 Å². The summed E-state index contributed by atoms with van der Waals surface area (Å²) in [5, 5.41) is 3.02. The second-order valence-electron chi connectivity index (χ2n) is 8.47. The molecule has 32 heavy (non-hydrogen) atoms. The average Bonchev–Trinajstić information content (AvgIpc) is 3.28. The van der Waals surface area contributed by atoms with Gasteiger partial charge >= 0.3 is 6.03 Å². The number of amides is 2. The summed E-state index contributed by atoms with van der Waals surface area (Å²) in [6.45, 7) is 5.85. The van der Waals surface area contributed by atoms with E-state index in [0.29, 0.717) is 30.6 Å². The average molecular weight is 440 g/mol. The zero-order chi connectivity index (χ0) is 22.3. The minimum Gasteiger partial charge on any atom is -0.495 e. The number of carbonyl (C=O) groups is 1. The third kappa shape index (κ3) is 5.46. The maximum Gasteiger partial charge on any atom is 0.322 e. The first kappa shape index (κ1) is 22.3. The van der Waals surface area contributed by atoms with Gasteiger partial charge in [0.25, 0.3) is 0 Å². The number of carbonyl (C=O) groups excluding carboxylic acids is 1. The number of hydrogen-bond donors (Lipinski definition) is 1. The molecule has 1 atom stereocenters. The van der Waals surface area contributed by atoms with Crippen molar-refractivity contribution in [1.29, 1.82) is 0 Å². The molecule has 1 unspecified atom stereocenters. The SMILES string of the molecule is COc1ccccc1NC(=O)N(CCCN1CCCCC1C)Cc1ccc2c(c1)OCO2. The minimum atomic E-state index is -0.140. The maximum absolute atomic E-state index is 13.3. The summed E-state index contributed by atoms with van der Waals surface area (Å²) in [6, 6.07) is 13.8. The maximum atomic E-state index is 13.3. The number of nitrogens with zero attached hydrogens (tertiary/aromatic N) is 2. The predicted molar refractivity (Wildman–Crippen MR) is 124 cm³/mol. The number of likely N-dealkylation sites (tertiary alicyclic amines) is 1. The molecule has 2 aromatic carbocycles. The van der Waals surface area contributed by atoms with E-state index >= 15 is 0 Å². The topological polar surface area (TPSA) is 63.3 Å². The first-order valence-electron chi connectivity index (χ1n) is 11.5. The van der Waals surface area contributed by atoms with Crippen LogP contribution in [0, 0.1) is 0 Å². The molecule has 0 bridgehead atoms. The molecule has 0 aromatic heterocycles. The molecule has 1 fully saturated rings. The second kappa shape index (κ2) is 10.6. The first-order chi connectivity index (χ1) is 15.6. The van der Waals surface area contributed by atoms with Crippen LogP contribution in [0.1, 0.15) is 38.2 Å². The van der Waals surface area contributed by atoms with Gasteiger partial charge in [0.2, 0.25) is 6.79 Å². The molecule has 1 saturated heterocycles. The van der Waals surface area contributed by atoms with Crippen molar-refractivity contribution in [2.75, 3.05) is 38.9 Å². The summed E-state index contributed by atoms with van der Waals surface area (Å²) in [4.78, 5) is 17.7. The van der Waals surface area contributed by atoms with Gasteiger partial charge in [0, 0.05) is 25.7 Å². The quantitative estimate of drug-likeness (QED) is 0.645. The Hall–Kier alpha value is -2.93. The second-order valence-corrected chi connectivity index (χ2v) is 8.47. The molecule has 7 heteroatoms. The Kier molecular flexibility index (Phi) is 7.37. The van der Waals surface area contributed by atoms with Gasteiger partial charge in [-0.2, -0.15) is 0 Å². The van der Waals surface area contributed by atoms with Crippen molar-refractivity contribution in [2.24, 2.45) is 0 Å². The summed E-state index contributed by atoms with van der Waals surface area (Å²) in [5.74, 6) is 2.12. The Labute approximate surface area is 190 Å². The van der Waals surface area contributed by atoms with Crippen LogP contribution in [0.15, 0.2) is 42.5 Å². The molecule has 0 aliphatic carbocycles. The summed E-state index contributed by atoms with van der Waals surface area (Å²) < 4.78 is 16.3. The number of methoxy groups -OCH3 is 1. The number of para-hydroxylation sites is 2. The van der Waals surface area contributed by atoms with Crippen LogP contribution in [0.5, 0.6) is 17.2 Å². The molecule has 2 aliphatic heterocycles. The number of ether oxygens (including phenoxy) is 3. The molecule has 1 N–H and O–H groups in total. The first-order valence-corrected chi connectivity index (χ1v) is 11.5. The summed E-state index contributed by atoms with van der Waals surface area (Å²) >= 11 is 0. The third-order valence-electron chi connectivity index (χ3n) is 6.26. The van der Waals surface area contributed by atoms with Crippen molar-refractivity contribution in [3.63, 3.8) is 0 Å². The van der Waals surface area contributed by atoms with Gasteiger partial charge in [-0.25, -0.2) is 4.79 Å². The van der Waals surface area contributed by atoms with Crippen molar-refractivity contribution in [2.45, 2.75) is 45.2 Å². The monoisotopic (exact) mass is 439 g/mol. The lowest BCUT2D eigenvalue weighted by Gasteiger charge is -2.34. The molecule has 2 aliphatic rings. The van der Waals surface area contributed by atoms with Gasteiger partial charge < -0.3 is 29.3 Å². The molecule has 0 spiro atoms. The van der Waals surface area contributed by atoms with E-state index in [2.05, 4.69) is 17.1 Å². The number of urea groups is 1. The fourth-order valence-corrected chi connectivity index (χ4v) is 4.41. The standard InChI is InChI=1S/C25H33N3O4/c1-19-8-5-6-13-27(19)14-7-15-28(17-20-11-12-23-24(16-20)32-18-31-23)25(29)26-21-9-3-4-10-22(21)30-2/h3-4,9-12,16,19H,5-8,13-15,17-18H2,1-2H3,(H,26,29). The van der Waals surface area contributed by atoms with E-state index in [1.165, 1.54) is 19.3 Å². The molecule has 0 radical (unpaired) electrons. The van der Waals surface area contributed by atoms with E-state index in [1.54, 1.807) is 7.11 Å². The number of benzene rings is 2. The molecule has 2 heterocycles. The van der Waals surface area contributed by atoms with Crippen molar-refractivity contribution in [1.82, 2.24) is 9.80 Å². The van der Waals surface area contributed by atoms with E-state index in [1.807, 2.05) is 47.4 Å². The van der Waals surface area contributed by atoms with Gasteiger partial charge in [-0.1, -0.05) is 24.6 Å².